The highest BCUT2D eigenvalue weighted by molar-refractivity contribution is 7.13. The van der Waals surface area contributed by atoms with Crippen LogP contribution in [0.15, 0.2) is 47.8 Å². The quantitative estimate of drug-likeness (QED) is 0.689. The smallest absolute Gasteiger partial charge is 0.124 e. The number of hydrogen-bond donors (Lipinski definition) is 1. The molecule has 2 heterocycles. The van der Waals surface area contributed by atoms with Crippen LogP contribution in [0.4, 0.5) is 5.82 Å². The third-order valence-corrected chi connectivity index (χ3v) is 3.43. The molecule has 78 valence electrons. The molecule has 0 fully saturated rings. The second-order valence-electron chi connectivity index (χ2n) is 3.59. The van der Waals surface area contributed by atoms with Gasteiger partial charge in [0, 0.05) is 15.8 Å². The topological polar surface area (TPSA) is 38.9 Å². The van der Waals surface area contributed by atoms with Gasteiger partial charge in [-0.3, -0.25) is 0 Å². The van der Waals surface area contributed by atoms with Gasteiger partial charge in [-0.2, -0.15) is 0 Å². The average molecular weight is 226 g/mol. The summed E-state index contributed by atoms with van der Waals surface area (Å²) in [4.78, 5) is 5.56. The molecule has 0 saturated heterocycles. The zero-order valence-corrected chi connectivity index (χ0v) is 9.37. The van der Waals surface area contributed by atoms with Crippen LogP contribution in [0, 0.1) is 0 Å². The first kappa shape index (κ1) is 9.36. The van der Waals surface area contributed by atoms with Gasteiger partial charge in [-0.1, -0.05) is 24.3 Å². The number of thiophene rings is 1. The predicted molar refractivity (Wildman–Crippen MR) is 69.5 cm³/mol. The lowest BCUT2D eigenvalue weighted by molar-refractivity contribution is 1.42. The Morgan fingerprint density at radius 3 is 2.75 bits per heavy atom. The van der Waals surface area contributed by atoms with Crippen LogP contribution in [-0.4, -0.2) is 4.98 Å². The molecule has 0 aliphatic rings. The highest BCUT2D eigenvalue weighted by Gasteiger charge is 2.06. The van der Waals surface area contributed by atoms with Gasteiger partial charge in [-0.25, -0.2) is 4.98 Å². The van der Waals surface area contributed by atoms with E-state index in [9.17, 15) is 0 Å². The van der Waals surface area contributed by atoms with Gasteiger partial charge < -0.3 is 5.73 Å². The van der Waals surface area contributed by atoms with E-state index in [1.807, 2.05) is 30.3 Å². The van der Waals surface area contributed by atoms with Crippen molar-refractivity contribution in [3.05, 3.63) is 47.8 Å². The zero-order valence-electron chi connectivity index (χ0n) is 8.55. The summed E-state index contributed by atoms with van der Waals surface area (Å²) < 4.78 is 0. The van der Waals surface area contributed by atoms with Crippen LogP contribution in [0.3, 0.4) is 0 Å². The van der Waals surface area contributed by atoms with E-state index in [2.05, 4.69) is 22.5 Å². The summed E-state index contributed by atoms with van der Waals surface area (Å²) in [6.45, 7) is 0. The first-order valence-electron chi connectivity index (χ1n) is 5.04. The number of pyridine rings is 1. The molecule has 2 aromatic heterocycles. The van der Waals surface area contributed by atoms with Crippen LogP contribution in [0.25, 0.3) is 21.3 Å². The fourth-order valence-corrected chi connectivity index (χ4v) is 2.59. The van der Waals surface area contributed by atoms with Crippen molar-refractivity contribution in [2.24, 2.45) is 0 Å². The molecule has 2 N–H and O–H groups in total. The highest BCUT2D eigenvalue weighted by atomic mass is 32.1. The Bertz CT molecular complexity index is 629. The van der Waals surface area contributed by atoms with E-state index < -0.39 is 0 Å². The molecule has 1 aromatic carbocycles. The number of rotatable bonds is 1. The number of para-hydroxylation sites is 1. The summed E-state index contributed by atoms with van der Waals surface area (Å²) in [5.41, 5.74) is 7.94. The van der Waals surface area contributed by atoms with Crippen molar-refractivity contribution in [2.45, 2.75) is 0 Å². The van der Waals surface area contributed by atoms with E-state index in [0.29, 0.717) is 5.82 Å². The second kappa shape index (κ2) is 3.61. The molecule has 0 aliphatic carbocycles. The van der Waals surface area contributed by atoms with Crippen LogP contribution in [0.2, 0.25) is 0 Å². The van der Waals surface area contributed by atoms with Gasteiger partial charge in [0.05, 0.1) is 5.52 Å². The Balaban J connectivity index is 2.39. The maximum absolute atomic E-state index is 5.82. The van der Waals surface area contributed by atoms with Crippen molar-refractivity contribution < 1.29 is 0 Å². The minimum atomic E-state index is 0.571. The molecule has 3 heteroatoms. The lowest BCUT2D eigenvalue weighted by atomic mass is 10.1. The van der Waals surface area contributed by atoms with Gasteiger partial charge in [0.2, 0.25) is 0 Å². The number of nitrogen functional groups attached to an aromatic ring is 1. The summed E-state index contributed by atoms with van der Waals surface area (Å²) in [6, 6.07) is 14.2. The molecule has 0 unspecified atom stereocenters. The van der Waals surface area contributed by atoms with E-state index >= 15 is 0 Å². The Kier molecular flexibility index (Phi) is 2.11. The SMILES string of the molecule is Nc1cc(-c2cccs2)c2ccccc2n1. The monoisotopic (exact) mass is 226 g/mol. The number of nitrogens with zero attached hydrogens (tertiary/aromatic N) is 1. The van der Waals surface area contributed by atoms with Gasteiger partial charge >= 0.3 is 0 Å². The summed E-state index contributed by atoms with van der Waals surface area (Å²) in [6.07, 6.45) is 0. The fraction of sp³-hybridized carbons (Fsp3) is 0. The lowest BCUT2D eigenvalue weighted by Gasteiger charge is -2.05. The standard InChI is InChI=1S/C13H10N2S/c14-13-8-10(12-6-3-7-16-12)9-4-1-2-5-11(9)15-13/h1-8H,(H2,14,15). The van der Waals surface area contributed by atoms with Gasteiger partial charge in [0.1, 0.15) is 5.82 Å². The highest BCUT2D eigenvalue weighted by Crippen LogP contribution is 2.32. The fourth-order valence-electron chi connectivity index (χ4n) is 1.83. The molecule has 16 heavy (non-hydrogen) atoms. The summed E-state index contributed by atoms with van der Waals surface area (Å²) in [5.74, 6) is 0.571. The number of aromatic nitrogens is 1. The van der Waals surface area contributed by atoms with E-state index in [0.717, 1.165) is 16.5 Å². The predicted octanol–water partition coefficient (Wildman–Crippen LogP) is 3.55. The number of nitrogens with two attached hydrogens (primary N) is 1. The van der Waals surface area contributed by atoms with Crippen molar-refractivity contribution in [1.29, 1.82) is 0 Å². The molecule has 0 radical (unpaired) electrons. The van der Waals surface area contributed by atoms with E-state index in [-0.39, 0.29) is 0 Å². The van der Waals surface area contributed by atoms with Gasteiger partial charge in [0.15, 0.2) is 0 Å². The number of anilines is 1. The molecule has 2 nitrogen and oxygen atoms in total. The van der Waals surface area contributed by atoms with Crippen molar-refractivity contribution in [3.63, 3.8) is 0 Å². The van der Waals surface area contributed by atoms with Crippen molar-refractivity contribution in [2.75, 3.05) is 5.73 Å². The molecule has 0 spiro atoms. The first-order valence-corrected chi connectivity index (χ1v) is 5.92. The van der Waals surface area contributed by atoms with E-state index in [1.54, 1.807) is 11.3 Å². The van der Waals surface area contributed by atoms with E-state index in [1.165, 1.54) is 4.88 Å². The molecule has 3 aromatic rings. The van der Waals surface area contributed by atoms with Gasteiger partial charge in [-0.15, -0.1) is 11.3 Å². The third kappa shape index (κ3) is 1.46. The Morgan fingerprint density at radius 2 is 1.94 bits per heavy atom. The van der Waals surface area contributed by atoms with Crippen LogP contribution in [-0.2, 0) is 0 Å². The minimum absolute atomic E-state index is 0.571. The number of fused-ring (bicyclic) bond motifs is 1. The Hall–Kier alpha value is -1.87. The first-order chi connectivity index (χ1) is 7.84. The summed E-state index contributed by atoms with van der Waals surface area (Å²) in [5, 5.41) is 3.22. The molecular weight excluding hydrogens is 216 g/mol. The van der Waals surface area contributed by atoms with Crippen LogP contribution in [0.5, 0.6) is 0 Å². The molecule has 0 bridgehead atoms. The van der Waals surface area contributed by atoms with Crippen molar-refractivity contribution in [1.82, 2.24) is 4.98 Å². The second-order valence-corrected chi connectivity index (χ2v) is 4.54. The van der Waals surface area contributed by atoms with E-state index in [4.69, 9.17) is 5.73 Å². The Morgan fingerprint density at radius 1 is 1.06 bits per heavy atom. The molecular formula is C13H10N2S. The average Bonchev–Trinajstić information content (AvgIpc) is 2.81. The van der Waals surface area contributed by atoms with Crippen molar-refractivity contribution >= 4 is 28.1 Å². The largest absolute Gasteiger partial charge is 0.384 e. The molecule has 0 aliphatic heterocycles. The van der Waals surface area contributed by atoms with Gasteiger partial charge in [0.25, 0.3) is 0 Å². The molecule has 0 saturated carbocycles. The molecule has 0 atom stereocenters. The number of benzene rings is 1. The normalized spacial score (nSPS) is 10.8. The van der Waals surface area contributed by atoms with Crippen molar-refractivity contribution in [3.8, 4) is 10.4 Å². The lowest BCUT2D eigenvalue weighted by Crippen LogP contribution is -1.91. The summed E-state index contributed by atoms with van der Waals surface area (Å²) >= 11 is 1.72. The maximum Gasteiger partial charge on any atom is 0.124 e. The van der Waals surface area contributed by atoms with Crippen LogP contribution in [0.1, 0.15) is 0 Å². The van der Waals surface area contributed by atoms with Gasteiger partial charge in [-0.05, 0) is 23.6 Å². The van der Waals surface area contributed by atoms with Crippen LogP contribution < -0.4 is 5.73 Å². The van der Waals surface area contributed by atoms with Crippen LogP contribution >= 0.6 is 11.3 Å². The summed E-state index contributed by atoms with van der Waals surface area (Å²) in [7, 11) is 0. The third-order valence-electron chi connectivity index (χ3n) is 2.52. The Labute approximate surface area is 97.4 Å². The molecule has 0 amide bonds. The zero-order chi connectivity index (χ0) is 11.0. The minimum Gasteiger partial charge on any atom is -0.384 e. The molecule has 3 rings (SSSR count). The maximum atomic E-state index is 5.82. The number of hydrogen-bond acceptors (Lipinski definition) is 3.